The lowest BCUT2D eigenvalue weighted by atomic mass is 9.84. The Morgan fingerprint density at radius 1 is 1.18 bits per heavy atom. The number of rotatable bonds is 0. The van der Waals surface area contributed by atoms with Gasteiger partial charge in [-0.15, -0.1) is 0 Å². The lowest BCUT2D eigenvalue weighted by molar-refractivity contribution is -0.148. The summed E-state index contributed by atoms with van der Waals surface area (Å²) in [6.07, 6.45) is 1.37. The van der Waals surface area contributed by atoms with E-state index in [2.05, 4.69) is 0 Å². The molecule has 0 radical (unpaired) electrons. The van der Waals surface area contributed by atoms with Crippen molar-refractivity contribution in [1.29, 1.82) is 0 Å². The molecule has 1 aliphatic heterocycles. The molecule has 1 saturated carbocycles. The number of ether oxygens (including phenoxy) is 2. The van der Waals surface area contributed by atoms with E-state index in [1.165, 1.54) is 0 Å². The Morgan fingerprint density at radius 2 is 1.94 bits per heavy atom. The number of esters is 1. The van der Waals surface area contributed by atoms with E-state index in [9.17, 15) is 9.90 Å². The Hall–Kier alpha value is -1.55. The molecule has 1 N–H and O–H groups in total. The van der Waals surface area contributed by atoms with Crippen LogP contribution in [0.15, 0.2) is 24.3 Å². The molecule has 3 atom stereocenters. The van der Waals surface area contributed by atoms with Crippen LogP contribution < -0.4 is 9.47 Å². The summed E-state index contributed by atoms with van der Waals surface area (Å²) < 4.78 is 11.1. The molecule has 1 fully saturated rings. The summed E-state index contributed by atoms with van der Waals surface area (Å²) in [5.74, 6) is 0.0878. The van der Waals surface area contributed by atoms with Crippen molar-refractivity contribution in [3.05, 3.63) is 24.3 Å². The number of carbonyl (C=O) groups is 1. The van der Waals surface area contributed by atoms with Crippen LogP contribution in [0.4, 0.5) is 0 Å². The summed E-state index contributed by atoms with van der Waals surface area (Å²) in [7, 11) is 0. The minimum atomic E-state index is -0.657. The Labute approximate surface area is 99.2 Å². The van der Waals surface area contributed by atoms with Crippen LogP contribution in [-0.4, -0.2) is 23.3 Å². The third-order valence-corrected chi connectivity index (χ3v) is 3.41. The fraction of sp³-hybridized carbons (Fsp3) is 0.462. The van der Waals surface area contributed by atoms with Crippen molar-refractivity contribution in [3.8, 4) is 11.5 Å². The van der Waals surface area contributed by atoms with Crippen molar-refractivity contribution in [2.45, 2.75) is 31.5 Å². The van der Waals surface area contributed by atoms with E-state index in [0.717, 1.165) is 12.8 Å². The maximum atomic E-state index is 12.0. The zero-order chi connectivity index (χ0) is 11.8. The maximum absolute atomic E-state index is 12.0. The van der Waals surface area contributed by atoms with Crippen molar-refractivity contribution in [2.24, 2.45) is 5.92 Å². The number of hydrogen-bond donors (Lipinski definition) is 1. The number of hydrogen-bond acceptors (Lipinski definition) is 4. The smallest absolute Gasteiger partial charge is 0.320 e. The first-order valence-electron chi connectivity index (χ1n) is 5.91. The largest absolute Gasteiger partial charge is 0.486 e. The highest BCUT2D eigenvalue weighted by Gasteiger charge is 2.42. The molecule has 2 aliphatic rings. The quantitative estimate of drug-likeness (QED) is 0.546. The third kappa shape index (κ3) is 1.78. The van der Waals surface area contributed by atoms with E-state index in [4.69, 9.17) is 9.47 Å². The zero-order valence-electron chi connectivity index (χ0n) is 9.33. The van der Waals surface area contributed by atoms with Crippen molar-refractivity contribution >= 4 is 5.97 Å². The zero-order valence-corrected chi connectivity index (χ0v) is 9.33. The number of benzene rings is 1. The Balaban J connectivity index is 1.98. The van der Waals surface area contributed by atoms with Gasteiger partial charge in [0.1, 0.15) is 12.0 Å². The summed E-state index contributed by atoms with van der Waals surface area (Å²) in [5, 5.41) is 9.90. The molecular weight excluding hydrogens is 220 g/mol. The Bertz CT molecular complexity index is 443. The second kappa shape index (κ2) is 4.04. The van der Waals surface area contributed by atoms with E-state index in [0.29, 0.717) is 17.9 Å². The molecule has 17 heavy (non-hydrogen) atoms. The highest BCUT2D eigenvalue weighted by molar-refractivity contribution is 5.78. The molecule has 4 nitrogen and oxygen atoms in total. The summed E-state index contributed by atoms with van der Waals surface area (Å²) in [6.45, 7) is 0. The van der Waals surface area contributed by atoms with E-state index in [1.807, 2.05) is 6.07 Å². The van der Waals surface area contributed by atoms with Gasteiger partial charge >= 0.3 is 5.97 Å². The lowest BCUT2D eigenvalue weighted by Gasteiger charge is -2.31. The van der Waals surface area contributed by atoms with Gasteiger partial charge in [0, 0.05) is 0 Å². The highest BCUT2D eigenvalue weighted by Crippen LogP contribution is 2.37. The molecule has 4 heteroatoms. The van der Waals surface area contributed by atoms with E-state index < -0.39 is 12.0 Å². The predicted octanol–water partition coefficient (Wildman–Crippen LogP) is 1.51. The minimum Gasteiger partial charge on any atom is -0.486 e. The van der Waals surface area contributed by atoms with Gasteiger partial charge in [0.25, 0.3) is 0 Å². The molecule has 3 rings (SSSR count). The van der Waals surface area contributed by atoms with Crippen LogP contribution in [0.2, 0.25) is 0 Å². The molecule has 0 amide bonds. The molecule has 1 aromatic carbocycles. The molecule has 0 saturated heterocycles. The second-order valence-electron chi connectivity index (χ2n) is 4.55. The Morgan fingerprint density at radius 3 is 2.76 bits per heavy atom. The van der Waals surface area contributed by atoms with Crippen molar-refractivity contribution in [1.82, 2.24) is 0 Å². The summed E-state index contributed by atoms with van der Waals surface area (Å²) in [5.41, 5.74) is 0. The molecule has 90 valence electrons. The van der Waals surface area contributed by atoms with Gasteiger partial charge in [-0.05, 0) is 31.4 Å². The Kier molecular flexibility index (Phi) is 2.52. The summed E-state index contributed by atoms with van der Waals surface area (Å²) in [6, 6.07) is 7.12. The van der Waals surface area contributed by atoms with Crippen molar-refractivity contribution in [3.63, 3.8) is 0 Å². The highest BCUT2D eigenvalue weighted by atomic mass is 16.6. The van der Waals surface area contributed by atoms with Gasteiger partial charge < -0.3 is 14.6 Å². The van der Waals surface area contributed by atoms with Crippen LogP contribution >= 0.6 is 0 Å². The predicted molar refractivity (Wildman–Crippen MR) is 59.8 cm³/mol. The first-order valence-corrected chi connectivity index (χ1v) is 5.91. The van der Waals surface area contributed by atoms with Gasteiger partial charge in [0.15, 0.2) is 11.5 Å². The molecule has 1 heterocycles. The number of aliphatic hydroxyl groups is 1. The average molecular weight is 234 g/mol. The van der Waals surface area contributed by atoms with E-state index in [-0.39, 0.29) is 12.1 Å². The van der Waals surface area contributed by atoms with Crippen molar-refractivity contribution in [2.75, 3.05) is 0 Å². The first-order chi connectivity index (χ1) is 8.25. The van der Waals surface area contributed by atoms with Crippen LogP contribution in [-0.2, 0) is 4.79 Å². The van der Waals surface area contributed by atoms with E-state index in [1.54, 1.807) is 18.2 Å². The van der Waals surface area contributed by atoms with Gasteiger partial charge in [-0.3, -0.25) is 4.79 Å². The normalized spacial score (nSPS) is 31.6. The molecule has 0 aromatic heterocycles. The van der Waals surface area contributed by atoms with Gasteiger partial charge in [0.2, 0.25) is 0 Å². The van der Waals surface area contributed by atoms with Crippen LogP contribution in [0.1, 0.15) is 19.3 Å². The molecule has 0 bridgehead atoms. The van der Waals surface area contributed by atoms with Crippen LogP contribution in [0, 0.1) is 5.92 Å². The fourth-order valence-electron chi connectivity index (χ4n) is 2.55. The number of para-hydroxylation sites is 2. The second-order valence-corrected chi connectivity index (χ2v) is 4.55. The molecule has 0 unspecified atom stereocenters. The summed E-state index contributed by atoms with van der Waals surface area (Å²) in [4.78, 5) is 12.0. The van der Waals surface area contributed by atoms with Gasteiger partial charge in [0.05, 0.1) is 6.10 Å². The maximum Gasteiger partial charge on any atom is 0.320 e. The summed E-state index contributed by atoms with van der Waals surface area (Å²) >= 11 is 0. The SMILES string of the molecule is O=C1Oc2ccccc2O[C@@H]2CCC[C@H](O)[C@H]12. The van der Waals surface area contributed by atoms with Crippen LogP contribution in [0.3, 0.4) is 0 Å². The lowest BCUT2D eigenvalue weighted by Crippen LogP contribution is -2.44. The average Bonchev–Trinajstić information content (AvgIpc) is 2.45. The van der Waals surface area contributed by atoms with E-state index >= 15 is 0 Å². The standard InChI is InChI=1S/C13H14O4/c14-8-4-3-7-11-12(8)13(15)17-10-6-2-1-5-9(10)16-11/h1-2,5-6,8,11-12,14H,3-4,7H2/t8-,11+,12-/m0/s1. The van der Waals surface area contributed by atoms with Gasteiger partial charge in [-0.1, -0.05) is 12.1 Å². The first kappa shape index (κ1) is 10.6. The molecular formula is C13H14O4. The topological polar surface area (TPSA) is 55.8 Å². The van der Waals surface area contributed by atoms with Gasteiger partial charge in [-0.2, -0.15) is 0 Å². The monoisotopic (exact) mass is 234 g/mol. The fourth-order valence-corrected chi connectivity index (χ4v) is 2.55. The molecule has 1 aromatic rings. The van der Waals surface area contributed by atoms with Crippen molar-refractivity contribution < 1.29 is 19.4 Å². The van der Waals surface area contributed by atoms with Crippen LogP contribution in [0.5, 0.6) is 11.5 Å². The number of carbonyl (C=O) groups excluding carboxylic acids is 1. The number of aliphatic hydroxyl groups excluding tert-OH is 1. The minimum absolute atomic E-state index is 0.269. The van der Waals surface area contributed by atoms with Crippen LogP contribution in [0.25, 0.3) is 0 Å². The number of fused-ring (bicyclic) bond motifs is 2. The molecule has 0 spiro atoms. The third-order valence-electron chi connectivity index (χ3n) is 3.41. The molecule has 1 aliphatic carbocycles. The van der Waals surface area contributed by atoms with Gasteiger partial charge in [-0.25, -0.2) is 0 Å².